The molecule has 0 bridgehead atoms. The maximum atomic E-state index is 11.7. The van der Waals surface area contributed by atoms with Crippen LogP contribution in [0.2, 0.25) is 0 Å². The van der Waals surface area contributed by atoms with Crippen LogP contribution in [-0.4, -0.2) is 39.6 Å². The predicted molar refractivity (Wildman–Crippen MR) is 88.0 cm³/mol. The topological polar surface area (TPSA) is 38.1 Å². The number of nitrogens with zero attached hydrogens (tertiary/aromatic N) is 3. The average molecular weight is 303 g/mol. The summed E-state index contributed by atoms with van der Waals surface area (Å²) in [6, 6.07) is 1.21. The first-order chi connectivity index (χ1) is 10.6. The van der Waals surface area contributed by atoms with E-state index in [0.29, 0.717) is 36.1 Å². The van der Waals surface area contributed by atoms with Crippen molar-refractivity contribution in [3.8, 4) is 0 Å². The molecule has 0 spiro atoms. The minimum atomic E-state index is 0.354. The maximum Gasteiger partial charge on any atom is 0.135 e. The van der Waals surface area contributed by atoms with E-state index >= 15 is 0 Å². The van der Waals surface area contributed by atoms with E-state index in [2.05, 4.69) is 34.7 Å². The van der Waals surface area contributed by atoms with E-state index in [1.165, 1.54) is 18.4 Å². The van der Waals surface area contributed by atoms with E-state index in [4.69, 9.17) is 0 Å². The summed E-state index contributed by atoms with van der Waals surface area (Å²) in [7, 11) is 0. The van der Waals surface area contributed by atoms with Crippen molar-refractivity contribution >= 4 is 5.78 Å². The van der Waals surface area contributed by atoms with Crippen LogP contribution < -0.4 is 0 Å². The van der Waals surface area contributed by atoms with Crippen molar-refractivity contribution in [2.24, 2.45) is 5.92 Å². The summed E-state index contributed by atoms with van der Waals surface area (Å²) < 4.78 is 2.18. The highest BCUT2D eigenvalue weighted by Crippen LogP contribution is 2.36. The summed E-state index contributed by atoms with van der Waals surface area (Å²) in [6.07, 6.45) is 9.50. The Kier molecular flexibility index (Phi) is 4.67. The van der Waals surface area contributed by atoms with Crippen LogP contribution in [-0.2, 0) is 4.79 Å². The SMILES string of the molecule is CCC(=O)[C@H]1C[C@@H](N2CCC(n3cc(C(C)C)cn3)CC2)C1. The fourth-order valence-electron chi connectivity index (χ4n) is 3.80. The van der Waals surface area contributed by atoms with Gasteiger partial charge in [0.15, 0.2) is 0 Å². The van der Waals surface area contributed by atoms with Gasteiger partial charge in [0.05, 0.1) is 12.2 Å². The van der Waals surface area contributed by atoms with Gasteiger partial charge in [-0.3, -0.25) is 9.48 Å². The van der Waals surface area contributed by atoms with Gasteiger partial charge in [-0.25, -0.2) is 0 Å². The molecule has 4 heteroatoms. The van der Waals surface area contributed by atoms with Crippen LogP contribution in [0, 0.1) is 5.92 Å². The molecule has 2 fully saturated rings. The molecule has 22 heavy (non-hydrogen) atoms. The molecule has 4 nitrogen and oxygen atoms in total. The van der Waals surface area contributed by atoms with Crippen molar-refractivity contribution in [2.75, 3.05) is 13.1 Å². The zero-order valence-electron chi connectivity index (χ0n) is 14.2. The second-order valence-corrected chi connectivity index (χ2v) is 7.32. The van der Waals surface area contributed by atoms with Gasteiger partial charge in [0.2, 0.25) is 0 Å². The van der Waals surface area contributed by atoms with E-state index in [9.17, 15) is 4.79 Å². The summed E-state index contributed by atoms with van der Waals surface area (Å²) in [5, 5.41) is 4.56. The first-order valence-corrected chi connectivity index (χ1v) is 8.89. The number of likely N-dealkylation sites (tertiary alicyclic amines) is 1. The Morgan fingerprint density at radius 3 is 2.50 bits per heavy atom. The van der Waals surface area contributed by atoms with Crippen molar-refractivity contribution in [2.45, 2.75) is 70.9 Å². The smallest absolute Gasteiger partial charge is 0.135 e. The lowest BCUT2D eigenvalue weighted by Gasteiger charge is -2.45. The second kappa shape index (κ2) is 6.53. The molecule has 1 aromatic rings. The van der Waals surface area contributed by atoms with Crippen molar-refractivity contribution in [3.63, 3.8) is 0 Å². The number of aromatic nitrogens is 2. The number of Topliss-reactive ketones (excluding diaryl/α,β-unsaturated/α-hetero) is 1. The Morgan fingerprint density at radius 2 is 1.95 bits per heavy atom. The molecule has 3 rings (SSSR count). The number of hydrogen-bond acceptors (Lipinski definition) is 3. The number of hydrogen-bond donors (Lipinski definition) is 0. The lowest BCUT2D eigenvalue weighted by atomic mass is 9.75. The van der Waals surface area contributed by atoms with Gasteiger partial charge in [-0.2, -0.15) is 5.10 Å². The summed E-state index contributed by atoms with van der Waals surface area (Å²) >= 11 is 0. The van der Waals surface area contributed by atoms with Gasteiger partial charge in [0.25, 0.3) is 0 Å². The van der Waals surface area contributed by atoms with Crippen molar-refractivity contribution < 1.29 is 4.79 Å². The van der Waals surface area contributed by atoms with E-state index in [1.807, 2.05) is 13.1 Å². The van der Waals surface area contributed by atoms with Gasteiger partial charge in [-0.1, -0.05) is 20.8 Å². The standard InChI is InChI=1S/C18H29N3O/c1-4-18(22)14-9-17(10-14)20-7-5-16(6-8-20)21-12-15(11-19-21)13(2)3/h11-14,16-17H,4-10H2,1-3H3/t14-,17+. The number of carbonyl (C=O) groups is 1. The molecule has 0 atom stereocenters. The van der Waals surface area contributed by atoms with Crippen molar-refractivity contribution in [1.29, 1.82) is 0 Å². The van der Waals surface area contributed by atoms with Crippen molar-refractivity contribution in [1.82, 2.24) is 14.7 Å². The third kappa shape index (κ3) is 3.12. The zero-order chi connectivity index (χ0) is 15.7. The molecule has 122 valence electrons. The summed E-state index contributed by atoms with van der Waals surface area (Å²) in [5.41, 5.74) is 1.34. The average Bonchev–Trinajstić information content (AvgIpc) is 2.96. The van der Waals surface area contributed by atoms with Gasteiger partial charge in [-0.05, 0) is 37.2 Å². The van der Waals surface area contributed by atoms with Gasteiger partial charge in [0.1, 0.15) is 5.78 Å². The zero-order valence-corrected chi connectivity index (χ0v) is 14.2. The number of rotatable bonds is 5. The van der Waals surface area contributed by atoms with Crippen LogP contribution in [0.1, 0.15) is 70.4 Å². The van der Waals surface area contributed by atoms with Crippen LogP contribution in [0.5, 0.6) is 0 Å². The van der Waals surface area contributed by atoms with Gasteiger partial charge >= 0.3 is 0 Å². The number of piperidine rings is 1. The lowest BCUT2D eigenvalue weighted by Crippen LogP contribution is -2.50. The highest BCUT2D eigenvalue weighted by atomic mass is 16.1. The van der Waals surface area contributed by atoms with Crippen LogP contribution in [0.15, 0.2) is 12.4 Å². The minimum absolute atomic E-state index is 0.354. The maximum absolute atomic E-state index is 11.7. The fraction of sp³-hybridized carbons (Fsp3) is 0.778. The third-order valence-electron chi connectivity index (χ3n) is 5.59. The number of ketones is 1. The molecule has 0 unspecified atom stereocenters. The first-order valence-electron chi connectivity index (χ1n) is 8.89. The van der Waals surface area contributed by atoms with Crippen LogP contribution in [0.3, 0.4) is 0 Å². The Balaban J connectivity index is 1.48. The van der Waals surface area contributed by atoms with Crippen LogP contribution in [0.25, 0.3) is 0 Å². The molecule has 2 heterocycles. The van der Waals surface area contributed by atoms with Gasteiger partial charge in [-0.15, -0.1) is 0 Å². The molecule has 0 N–H and O–H groups in total. The Bertz CT molecular complexity index is 508. The summed E-state index contributed by atoms with van der Waals surface area (Å²) in [4.78, 5) is 14.3. The third-order valence-corrected chi connectivity index (χ3v) is 5.59. The predicted octanol–water partition coefficient (Wildman–Crippen LogP) is 3.40. The highest BCUT2D eigenvalue weighted by molar-refractivity contribution is 5.81. The van der Waals surface area contributed by atoms with E-state index < -0.39 is 0 Å². The molecule has 0 aromatic carbocycles. The minimum Gasteiger partial charge on any atom is -0.300 e. The van der Waals surface area contributed by atoms with Gasteiger partial charge in [0, 0.05) is 37.7 Å². The fourth-order valence-corrected chi connectivity index (χ4v) is 3.80. The molecule has 2 aliphatic rings. The second-order valence-electron chi connectivity index (χ2n) is 7.32. The largest absolute Gasteiger partial charge is 0.300 e. The van der Waals surface area contributed by atoms with Crippen LogP contribution in [0.4, 0.5) is 0 Å². The molecule has 0 radical (unpaired) electrons. The molecule has 1 aliphatic heterocycles. The van der Waals surface area contributed by atoms with Crippen molar-refractivity contribution in [3.05, 3.63) is 18.0 Å². The summed E-state index contributed by atoms with van der Waals surface area (Å²) in [5.74, 6) is 1.37. The van der Waals surface area contributed by atoms with E-state index in [0.717, 1.165) is 25.9 Å². The normalized spacial score (nSPS) is 27.1. The quantitative estimate of drug-likeness (QED) is 0.836. The first kappa shape index (κ1) is 15.7. The van der Waals surface area contributed by atoms with E-state index in [1.54, 1.807) is 0 Å². The Hall–Kier alpha value is -1.16. The Morgan fingerprint density at radius 1 is 1.27 bits per heavy atom. The molecule has 1 saturated carbocycles. The van der Waals surface area contributed by atoms with Crippen LogP contribution >= 0.6 is 0 Å². The molecular weight excluding hydrogens is 274 g/mol. The molecule has 1 aliphatic carbocycles. The monoisotopic (exact) mass is 303 g/mol. The van der Waals surface area contributed by atoms with Gasteiger partial charge < -0.3 is 4.90 Å². The van der Waals surface area contributed by atoms with E-state index in [-0.39, 0.29) is 0 Å². The molecular formula is C18H29N3O. The molecule has 1 aromatic heterocycles. The number of carbonyl (C=O) groups excluding carboxylic acids is 1. The lowest BCUT2D eigenvalue weighted by molar-refractivity contribution is -0.127. The summed E-state index contributed by atoms with van der Waals surface area (Å²) in [6.45, 7) is 8.72. The molecule has 1 saturated heterocycles. The highest BCUT2D eigenvalue weighted by Gasteiger charge is 2.38. The molecule has 0 amide bonds. The Labute approximate surface area is 133 Å².